The van der Waals surface area contributed by atoms with Gasteiger partial charge in [-0.1, -0.05) is 0 Å². The summed E-state index contributed by atoms with van der Waals surface area (Å²) in [7, 11) is -4.64. The Hall–Kier alpha value is -0.380. The molecule has 0 unspecified atom stereocenters. The maximum absolute atomic E-state index is 10.2. The fourth-order valence-corrected chi connectivity index (χ4v) is 0.542. The first-order valence-electron chi connectivity index (χ1n) is 4.39. The second-order valence-electron chi connectivity index (χ2n) is 2.80. The van der Waals surface area contributed by atoms with E-state index in [1.807, 2.05) is 0 Å². The molecule has 0 aromatic heterocycles. The SMILES string of the molecule is O=P(O)(O)O.[2H]C(=O)[C@@H](O)[C@H](O)[C@H](O)[C@H](C)O. The Labute approximate surface area is 92.2 Å². The summed E-state index contributed by atoms with van der Waals surface area (Å²) in [5.74, 6) is 0. The van der Waals surface area contributed by atoms with E-state index < -0.39 is 38.5 Å². The second-order valence-corrected chi connectivity index (χ2v) is 3.82. The molecule has 0 saturated carbocycles. The Bertz CT molecular complexity index is 268. The summed E-state index contributed by atoms with van der Waals surface area (Å²) >= 11 is 0. The van der Waals surface area contributed by atoms with Crippen LogP contribution in [0, 0.1) is 0 Å². The van der Waals surface area contributed by atoms with Crippen LogP contribution in [0.1, 0.15) is 8.29 Å². The smallest absolute Gasteiger partial charge is 0.391 e. The van der Waals surface area contributed by atoms with E-state index in [4.69, 9.17) is 41.0 Å². The minimum atomic E-state index is -4.64. The van der Waals surface area contributed by atoms with Crippen molar-refractivity contribution in [2.75, 3.05) is 0 Å². The van der Waals surface area contributed by atoms with Crippen molar-refractivity contribution in [3.05, 3.63) is 0 Å². The standard InChI is InChI=1S/C6H12O5.H3O4P/c1-3(8)5(10)6(11)4(9)2-7;1-5(2,3)4/h2-6,8-11H,1H3;(H3,1,2,3,4)/t3-,4+,5+,6-;/m0./s1/i2D;. The molecule has 0 bridgehead atoms. The zero-order valence-electron chi connectivity index (χ0n) is 9.20. The van der Waals surface area contributed by atoms with Crippen molar-refractivity contribution < 1.29 is 45.8 Å². The van der Waals surface area contributed by atoms with Crippen LogP contribution in [0.15, 0.2) is 0 Å². The van der Waals surface area contributed by atoms with Crippen LogP contribution < -0.4 is 0 Å². The highest BCUT2D eigenvalue weighted by atomic mass is 31.2. The predicted molar refractivity (Wildman–Crippen MR) is 50.0 cm³/mol. The number of hydrogen-bond acceptors (Lipinski definition) is 6. The Morgan fingerprint density at radius 1 is 1.12 bits per heavy atom. The summed E-state index contributed by atoms with van der Waals surface area (Å²) in [6.07, 6.45) is -8.10. The average Bonchev–Trinajstić information content (AvgIpc) is 2.11. The van der Waals surface area contributed by atoms with Crippen LogP contribution in [0.4, 0.5) is 0 Å². The van der Waals surface area contributed by atoms with Gasteiger partial charge in [0.1, 0.15) is 19.7 Å². The lowest BCUT2D eigenvalue weighted by molar-refractivity contribution is -0.132. The van der Waals surface area contributed by atoms with Crippen LogP contribution in [-0.2, 0) is 9.36 Å². The van der Waals surface area contributed by atoms with Gasteiger partial charge in [0.15, 0.2) is 6.26 Å². The van der Waals surface area contributed by atoms with Gasteiger partial charge >= 0.3 is 7.82 Å². The van der Waals surface area contributed by atoms with E-state index in [1.54, 1.807) is 0 Å². The zero-order chi connectivity index (χ0) is 14.4. The Balaban J connectivity index is 0. The third kappa shape index (κ3) is 11.7. The molecule has 0 amide bonds. The second kappa shape index (κ2) is 7.82. The van der Waals surface area contributed by atoms with Gasteiger partial charge < -0.3 is 39.9 Å². The molecule has 0 saturated heterocycles. The first-order chi connectivity index (χ1) is 7.37. The summed E-state index contributed by atoms with van der Waals surface area (Å²) in [5, 5.41) is 35.3. The van der Waals surface area contributed by atoms with Gasteiger partial charge in [-0.25, -0.2) is 4.57 Å². The number of phosphoric acid groups is 1. The Morgan fingerprint density at radius 2 is 1.44 bits per heavy atom. The highest BCUT2D eigenvalue weighted by molar-refractivity contribution is 7.45. The fourth-order valence-electron chi connectivity index (χ4n) is 0.542. The minimum Gasteiger partial charge on any atom is -0.391 e. The quantitative estimate of drug-likeness (QED) is 0.202. The number of hydrogen-bond donors (Lipinski definition) is 7. The van der Waals surface area contributed by atoms with E-state index in [1.165, 1.54) is 6.92 Å². The molecular formula is C6H15O9P. The summed E-state index contributed by atoms with van der Waals surface area (Å²) in [4.78, 5) is 31.7. The molecule has 0 aromatic rings. The minimum absolute atomic E-state index is 1.19. The van der Waals surface area contributed by atoms with E-state index in [0.29, 0.717) is 0 Å². The van der Waals surface area contributed by atoms with Crippen LogP contribution in [0.25, 0.3) is 0 Å². The molecule has 0 radical (unpaired) electrons. The molecule has 0 heterocycles. The molecule has 0 aliphatic carbocycles. The van der Waals surface area contributed by atoms with E-state index in [0.717, 1.165) is 0 Å². The highest BCUT2D eigenvalue weighted by Crippen LogP contribution is 2.25. The summed E-state index contributed by atoms with van der Waals surface area (Å²) in [6, 6.07) is 0. The van der Waals surface area contributed by atoms with Gasteiger partial charge in [0.25, 0.3) is 0 Å². The molecule has 16 heavy (non-hydrogen) atoms. The fraction of sp³-hybridized carbons (Fsp3) is 0.833. The number of aliphatic hydroxyl groups is 4. The largest absolute Gasteiger partial charge is 0.466 e. The van der Waals surface area contributed by atoms with Crippen molar-refractivity contribution in [2.24, 2.45) is 0 Å². The number of carbonyl (C=O) groups excluding carboxylic acids is 1. The summed E-state index contributed by atoms with van der Waals surface area (Å²) < 4.78 is 15.3. The van der Waals surface area contributed by atoms with Crippen molar-refractivity contribution in [1.29, 1.82) is 0 Å². The lowest BCUT2D eigenvalue weighted by Crippen LogP contribution is -2.43. The number of aldehydes is 1. The van der Waals surface area contributed by atoms with Gasteiger partial charge in [-0.05, 0) is 6.92 Å². The summed E-state index contributed by atoms with van der Waals surface area (Å²) in [5.41, 5.74) is 0. The Kier molecular flexibility index (Phi) is 7.64. The monoisotopic (exact) mass is 263 g/mol. The van der Waals surface area contributed by atoms with Crippen LogP contribution in [-0.4, -0.2) is 65.8 Å². The molecule has 0 rings (SSSR count). The predicted octanol–water partition coefficient (Wildman–Crippen LogP) is -3.28. The molecule has 0 aromatic carbocycles. The van der Waals surface area contributed by atoms with E-state index >= 15 is 0 Å². The number of aliphatic hydroxyl groups excluding tert-OH is 4. The highest BCUT2D eigenvalue weighted by Gasteiger charge is 2.27. The van der Waals surface area contributed by atoms with Crippen molar-refractivity contribution in [3.8, 4) is 0 Å². The molecule has 7 N–H and O–H groups in total. The topological polar surface area (TPSA) is 176 Å². The molecule has 9 nitrogen and oxygen atoms in total. The molecule has 0 aliphatic rings. The van der Waals surface area contributed by atoms with Crippen LogP contribution in [0.3, 0.4) is 0 Å². The first kappa shape index (κ1) is 15.6. The molecule has 10 heteroatoms. The van der Waals surface area contributed by atoms with Crippen LogP contribution in [0.2, 0.25) is 0 Å². The van der Waals surface area contributed by atoms with Gasteiger partial charge in [0.05, 0.1) is 6.10 Å². The Morgan fingerprint density at radius 3 is 1.62 bits per heavy atom. The first-order valence-corrected chi connectivity index (χ1v) is 5.45. The molecule has 4 atom stereocenters. The maximum atomic E-state index is 10.2. The lowest BCUT2D eigenvalue weighted by Gasteiger charge is -2.21. The molecule has 0 spiro atoms. The molecule has 0 aliphatic heterocycles. The number of rotatable bonds is 4. The van der Waals surface area contributed by atoms with Crippen molar-refractivity contribution >= 4 is 14.1 Å². The number of carbonyl (C=O) groups is 1. The molecular weight excluding hydrogens is 247 g/mol. The van der Waals surface area contributed by atoms with Gasteiger partial charge in [-0.15, -0.1) is 0 Å². The van der Waals surface area contributed by atoms with Gasteiger partial charge in [-0.2, -0.15) is 0 Å². The molecule has 98 valence electrons. The zero-order valence-corrected chi connectivity index (χ0v) is 9.10. The van der Waals surface area contributed by atoms with Gasteiger partial charge in [0.2, 0.25) is 0 Å². The third-order valence-electron chi connectivity index (χ3n) is 1.29. The van der Waals surface area contributed by atoms with Crippen LogP contribution in [0.5, 0.6) is 0 Å². The third-order valence-corrected chi connectivity index (χ3v) is 1.29. The summed E-state index contributed by atoms with van der Waals surface area (Å²) in [6.45, 7) is 1.19. The van der Waals surface area contributed by atoms with Crippen molar-refractivity contribution in [2.45, 2.75) is 31.3 Å². The van der Waals surface area contributed by atoms with E-state index in [9.17, 15) is 4.79 Å². The van der Waals surface area contributed by atoms with Crippen molar-refractivity contribution in [3.63, 3.8) is 0 Å². The van der Waals surface area contributed by atoms with Gasteiger partial charge in [-0.3, -0.25) is 0 Å². The molecule has 0 fully saturated rings. The maximum Gasteiger partial charge on any atom is 0.466 e. The normalized spacial score (nSPS) is 19.6. The van der Waals surface area contributed by atoms with Crippen LogP contribution >= 0.6 is 7.82 Å². The van der Waals surface area contributed by atoms with Crippen molar-refractivity contribution in [1.82, 2.24) is 0 Å². The van der Waals surface area contributed by atoms with E-state index in [2.05, 4.69) is 0 Å². The average molecular weight is 263 g/mol. The lowest BCUT2D eigenvalue weighted by atomic mass is 10.1. The van der Waals surface area contributed by atoms with Gasteiger partial charge in [0, 0.05) is 0 Å². The van der Waals surface area contributed by atoms with E-state index in [-0.39, 0.29) is 0 Å².